The van der Waals surface area contributed by atoms with Crippen LogP contribution in [0.25, 0.3) is 0 Å². The number of hydrogen-bond acceptors (Lipinski definition) is 4. The molecule has 2 aromatic rings. The van der Waals surface area contributed by atoms with Crippen LogP contribution in [0.15, 0.2) is 34.9 Å². The lowest BCUT2D eigenvalue weighted by atomic mass is 10.0. The van der Waals surface area contributed by atoms with Crippen molar-refractivity contribution in [1.29, 1.82) is 0 Å². The highest BCUT2D eigenvalue weighted by Crippen LogP contribution is 2.17. The molecule has 0 amide bonds. The van der Waals surface area contributed by atoms with Crippen molar-refractivity contribution >= 4 is 11.7 Å². The predicted molar refractivity (Wildman–Crippen MR) is 71.3 cm³/mol. The van der Waals surface area contributed by atoms with Gasteiger partial charge in [0.15, 0.2) is 0 Å². The number of carboxylic acids is 1. The molecule has 1 heterocycles. The quantitative estimate of drug-likeness (QED) is 0.863. The molecule has 0 fully saturated rings. The van der Waals surface area contributed by atoms with Crippen LogP contribution >= 0.6 is 0 Å². The van der Waals surface area contributed by atoms with Gasteiger partial charge in [0.25, 0.3) is 0 Å². The summed E-state index contributed by atoms with van der Waals surface area (Å²) in [6.45, 7) is 4.64. The van der Waals surface area contributed by atoms with E-state index in [1.54, 1.807) is 0 Å². The first-order chi connectivity index (χ1) is 9.06. The zero-order chi connectivity index (χ0) is 13.8. The van der Waals surface area contributed by atoms with Crippen LogP contribution in [0.4, 0.5) is 5.69 Å². The van der Waals surface area contributed by atoms with E-state index in [0.29, 0.717) is 18.4 Å². The van der Waals surface area contributed by atoms with Gasteiger partial charge in [0, 0.05) is 5.69 Å². The van der Waals surface area contributed by atoms with Gasteiger partial charge in [-0.2, -0.15) is 0 Å². The van der Waals surface area contributed by atoms with Crippen LogP contribution in [0.3, 0.4) is 0 Å². The van der Waals surface area contributed by atoms with Gasteiger partial charge in [0.1, 0.15) is 0 Å². The number of aromatic nitrogens is 1. The molecule has 0 saturated carbocycles. The largest absolute Gasteiger partial charge is 0.475 e. The molecular weight excluding hydrogens is 244 g/mol. The van der Waals surface area contributed by atoms with Gasteiger partial charge in [-0.1, -0.05) is 26.0 Å². The number of benzene rings is 1. The Morgan fingerprint density at radius 3 is 2.58 bits per heavy atom. The van der Waals surface area contributed by atoms with E-state index >= 15 is 0 Å². The summed E-state index contributed by atoms with van der Waals surface area (Å²) in [4.78, 5) is 14.5. The molecule has 2 N–H and O–H groups in total. The molecule has 0 radical (unpaired) electrons. The molecule has 0 bridgehead atoms. The summed E-state index contributed by atoms with van der Waals surface area (Å²) in [6, 6.07) is 8.09. The maximum absolute atomic E-state index is 10.6. The van der Waals surface area contributed by atoms with Crippen molar-refractivity contribution in [3.63, 3.8) is 0 Å². The zero-order valence-corrected chi connectivity index (χ0v) is 10.9. The average molecular weight is 260 g/mol. The second-order valence-electron chi connectivity index (χ2n) is 4.55. The number of carboxylic acid groups (broad SMARTS) is 1. The number of oxazole rings is 1. The highest BCUT2D eigenvalue weighted by molar-refractivity contribution is 5.83. The molecule has 5 heteroatoms. The minimum absolute atomic E-state index is 0.146. The third-order valence-corrected chi connectivity index (χ3v) is 2.79. The van der Waals surface area contributed by atoms with Gasteiger partial charge in [0.05, 0.1) is 12.7 Å². The van der Waals surface area contributed by atoms with E-state index in [9.17, 15) is 4.79 Å². The van der Waals surface area contributed by atoms with Gasteiger partial charge in [0.2, 0.25) is 11.7 Å². The number of anilines is 1. The summed E-state index contributed by atoms with van der Waals surface area (Å²) in [6.07, 6.45) is 1.21. The van der Waals surface area contributed by atoms with Crippen LogP contribution < -0.4 is 5.32 Å². The normalized spacial score (nSPS) is 10.7. The highest BCUT2D eigenvalue weighted by Gasteiger charge is 2.10. The van der Waals surface area contributed by atoms with E-state index in [2.05, 4.69) is 36.3 Å². The molecule has 1 aromatic heterocycles. The molecule has 0 aliphatic heterocycles. The van der Waals surface area contributed by atoms with Crippen LogP contribution in [0.2, 0.25) is 0 Å². The molecule has 19 heavy (non-hydrogen) atoms. The number of aromatic carboxylic acids is 1. The summed E-state index contributed by atoms with van der Waals surface area (Å²) in [5.74, 6) is -0.406. The Kier molecular flexibility index (Phi) is 3.85. The third-order valence-electron chi connectivity index (χ3n) is 2.79. The molecule has 2 rings (SSSR count). The minimum atomic E-state index is -1.11. The molecule has 0 aliphatic rings. The van der Waals surface area contributed by atoms with Crippen LogP contribution in [-0.2, 0) is 6.54 Å². The number of rotatable bonds is 5. The van der Waals surface area contributed by atoms with E-state index in [1.807, 2.05) is 12.1 Å². The zero-order valence-electron chi connectivity index (χ0n) is 10.9. The fourth-order valence-electron chi connectivity index (χ4n) is 1.65. The van der Waals surface area contributed by atoms with Crippen molar-refractivity contribution in [3.05, 3.63) is 47.7 Å². The van der Waals surface area contributed by atoms with E-state index in [-0.39, 0.29) is 5.76 Å². The van der Waals surface area contributed by atoms with Crippen molar-refractivity contribution in [2.24, 2.45) is 0 Å². The first-order valence-electron chi connectivity index (χ1n) is 6.08. The molecule has 0 aliphatic carbocycles. The summed E-state index contributed by atoms with van der Waals surface area (Å²) in [5, 5.41) is 11.8. The Bertz CT molecular complexity index is 558. The lowest BCUT2D eigenvalue weighted by molar-refractivity contribution is 0.0660. The lowest BCUT2D eigenvalue weighted by Gasteiger charge is -2.07. The predicted octanol–water partition coefficient (Wildman–Crippen LogP) is 3.11. The Balaban J connectivity index is 1.96. The maximum atomic E-state index is 10.6. The second-order valence-corrected chi connectivity index (χ2v) is 4.55. The summed E-state index contributed by atoms with van der Waals surface area (Å²) < 4.78 is 5.06. The number of hydrogen-bond donors (Lipinski definition) is 2. The molecule has 0 unspecified atom stereocenters. The smallest absolute Gasteiger partial charge is 0.373 e. The van der Waals surface area contributed by atoms with E-state index in [1.165, 1.54) is 11.8 Å². The molecule has 0 spiro atoms. The second kappa shape index (κ2) is 5.56. The van der Waals surface area contributed by atoms with Crippen LogP contribution in [0.1, 0.15) is 41.8 Å². The van der Waals surface area contributed by atoms with E-state index < -0.39 is 5.97 Å². The molecule has 100 valence electrons. The van der Waals surface area contributed by atoms with E-state index in [4.69, 9.17) is 9.52 Å². The third kappa shape index (κ3) is 3.34. The highest BCUT2D eigenvalue weighted by atomic mass is 16.4. The van der Waals surface area contributed by atoms with Gasteiger partial charge >= 0.3 is 5.97 Å². The molecular formula is C14H16N2O3. The first-order valence-corrected chi connectivity index (χ1v) is 6.08. The van der Waals surface area contributed by atoms with Crippen molar-refractivity contribution < 1.29 is 14.3 Å². The van der Waals surface area contributed by atoms with Crippen molar-refractivity contribution in [3.8, 4) is 0 Å². The Labute approximate surface area is 111 Å². The monoisotopic (exact) mass is 260 g/mol. The van der Waals surface area contributed by atoms with Crippen molar-refractivity contribution in [2.45, 2.75) is 26.3 Å². The standard InChI is InChI=1S/C14H16N2O3/c1-9(2)10-3-5-11(6-4-10)15-8-13-16-7-12(19-13)14(17)18/h3-7,9,15H,8H2,1-2H3,(H,17,18). The van der Waals surface area contributed by atoms with Gasteiger partial charge in [-0.25, -0.2) is 9.78 Å². The van der Waals surface area contributed by atoms with Gasteiger partial charge in [-0.3, -0.25) is 0 Å². The van der Waals surface area contributed by atoms with Gasteiger partial charge < -0.3 is 14.8 Å². The minimum Gasteiger partial charge on any atom is -0.475 e. The fourth-order valence-corrected chi connectivity index (χ4v) is 1.65. The van der Waals surface area contributed by atoms with Crippen molar-refractivity contribution in [1.82, 2.24) is 4.98 Å². The summed E-state index contributed by atoms with van der Waals surface area (Å²) in [7, 11) is 0. The summed E-state index contributed by atoms with van der Waals surface area (Å²) in [5.41, 5.74) is 2.22. The summed E-state index contributed by atoms with van der Waals surface area (Å²) >= 11 is 0. The fraction of sp³-hybridized carbons (Fsp3) is 0.286. The van der Waals surface area contributed by atoms with E-state index in [0.717, 1.165) is 5.69 Å². The van der Waals surface area contributed by atoms with Crippen LogP contribution in [0, 0.1) is 0 Å². The number of nitrogens with one attached hydrogen (secondary N) is 1. The Morgan fingerprint density at radius 2 is 2.05 bits per heavy atom. The molecule has 5 nitrogen and oxygen atoms in total. The van der Waals surface area contributed by atoms with Crippen LogP contribution in [0.5, 0.6) is 0 Å². The molecule has 0 atom stereocenters. The van der Waals surface area contributed by atoms with Crippen LogP contribution in [-0.4, -0.2) is 16.1 Å². The SMILES string of the molecule is CC(C)c1ccc(NCc2ncc(C(=O)O)o2)cc1. The lowest BCUT2D eigenvalue weighted by Crippen LogP contribution is -2.00. The Hall–Kier alpha value is -2.30. The topological polar surface area (TPSA) is 75.4 Å². The number of carbonyl (C=O) groups is 1. The first kappa shape index (κ1) is 13.1. The van der Waals surface area contributed by atoms with Gasteiger partial charge in [-0.15, -0.1) is 0 Å². The van der Waals surface area contributed by atoms with Gasteiger partial charge in [-0.05, 0) is 23.6 Å². The van der Waals surface area contributed by atoms with Crippen molar-refractivity contribution in [2.75, 3.05) is 5.32 Å². The maximum Gasteiger partial charge on any atom is 0.373 e. The molecule has 1 aromatic carbocycles. The number of nitrogens with zero attached hydrogens (tertiary/aromatic N) is 1. The Morgan fingerprint density at radius 1 is 1.37 bits per heavy atom. The average Bonchev–Trinajstić information content (AvgIpc) is 2.86. The molecule has 0 saturated heterocycles.